The standard InChI is InChI=1S/C12H14N4S3/c1-3-18-12-16-15-11(19-12)14-10(17)13-9-6-4-8(2)5-7-9/h4-7H,3H2,1-2H3,(H2,13,14,15,17). The monoisotopic (exact) mass is 310 g/mol. The number of nitrogens with one attached hydrogen (secondary N) is 2. The largest absolute Gasteiger partial charge is 0.332 e. The smallest absolute Gasteiger partial charge is 0.212 e. The van der Waals surface area contributed by atoms with Gasteiger partial charge in [-0.25, -0.2) is 0 Å². The third kappa shape index (κ3) is 4.45. The van der Waals surface area contributed by atoms with Crippen molar-refractivity contribution in [2.24, 2.45) is 0 Å². The molecule has 0 bridgehead atoms. The van der Waals surface area contributed by atoms with Gasteiger partial charge in [-0.15, -0.1) is 10.2 Å². The van der Waals surface area contributed by atoms with Gasteiger partial charge in [-0.3, -0.25) is 0 Å². The maximum atomic E-state index is 5.23. The van der Waals surface area contributed by atoms with E-state index in [0.29, 0.717) is 10.2 Å². The van der Waals surface area contributed by atoms with Gasteiger partial charge in [-0.1, -0.05) is 47.7 Å². The summed E-state index contributed by atoms with van der Waals surface area (Å²) in [4.78, 5) is 0. The number of anilines is 2. The van der Waals surface area contributed by atoms with Gasteiger partial charge in [-0.2, -0.15) is 0 Å². The lowest BCUT2D eigenvalue weighted by molar-refractivity contribution is 1.02. The van der Waals surface area contributed by atoms with Crippen LogP contribution in [0.3, 0.4) is 0 Å². The maximum Gasteiger partial charge on any atom is 0.212 e. The Kier molecular flexibility index (Phi) is 5.12. The van der Waals surface area contributed by atoms with Crippen molar-refractivity contribution >= 4 is 51.2 Å². The molecule has 7 heteroatoms. The van der Waals surface area contributed by atoms with Crippen molar-refractivity contribution < 1.29 is 0 Å². The van der Waals surface area contributed by atoms with E-state index in [1.165, 1.54) is 16.9 Å². The summed E-state index contributed by atoms with van der Waals surface area (Å²) < 4.78 is 0.947. The van der Waals surface area contributed by atoms with Crippen LogP contribution in [0, 0.1) is 6.92 Å². The molecule has 2 rings (SSSR count). The van der Waals surface area contributed by atoms with Crippen LogP contribution in [0.2, 0.25) is 0 Å². The molecule has 0 spiro atoms. The highest BCUT2D eigenvalue weighted by atomic mass is 32.2. The fraction of sp³-hybridized carbons (Fsp3) is 0.250. The Balaban J connectivity index is 1.91. The van der Waals surface area contributed by atoms with Crippen molar-refractivity contribution in [1.29, 1.82) is 0 Å². The normalized spacial score (nSPS) is 10.2. The van der Waals surface area contributed by atoms with Gasteiger partial charge in [0.2, 0.25) is 5.13 Å². The molecule has 0 radical (unpaired) electrons. The Bertz CT molecular complexity index is 550. The van der Waals surface area contributed by atoms with E-state index < -0.39 is 0 Å². The predicted octanol–water partition coefficient (Wildman–Crippen LogP) is 3.77. The summed E-state index contributed by atoms with van der Waals surface area (Å²) in [5, 5.41) is 15.5. The minimum Gasteiger partial charge on any atom is -0.332 e. The quantitative estimate of drug-likeness (QED) is 0.662. The summed E-state index contributed by atoms with van der Waals surface area (Å²) in [5.74, 6) is 0.987. The molecular formula is C12H14N4S3. The van der Waals surface area contributed by atoms with Gasteiger partial charge in [0.1, 0.15) is 0 Å². The summed E-state index contributed by atoms with van der Waals surface area (Å²) in [6.45, 7) is 4.14. The summed E-state index contributed by atoms with van der Waals surface area (Å²) >= 11 is 8.41. The SMILES string of the molecule is CCSc1nnc(NC(=S)Nc2ccc(C)cc2)s1. The number of rotatable bonds is 4. The Morgan fingerprint density at radius 3 is 2.68 bits per heavy atom. The van der Waals surface area contributed by atoms with Crippen LogP contribution in [0.1, 0.15) is 12.5 Å². The molecule has 1 aromatic carbocycles. The number of hydrogen-bond donors (Lipinski definition) is 2. The van der Waals surface area contributed by atoms with Gasteiger partial charge >= 0.3 is 0 Å². The molecule has 0 fully saturated rings. The molecule has 4 nitrogen and oxygen atoms in total. The Morgan fingerprint density at radius 1 is 1.26 bits per heavy atom. The number of thioether (sulfide) groups is 1. The molecule has 0 unspecified atom stereocenters. The van der Waals surface area contributed by atoms with E-state index in [-0.39, 0.29) is 0 Å². The van der Waals surface area contributed by atoms with Gasteiger partial charge in [0, 0.05) is 5.69 Å². The molecule has 0 atom stereocenters. The van der Waals surface area contributed by atoms with Crippen molar-refractivity contribution in [2.45, 2.75) is 18.2 Å². The number of aromatic nitrogens is 2. The van der Waals surface area contributed by atoms with Crippen molar-refractivity contribution in [1.82, 2.24) is 10.2 Å². The molecule has 1 aromatic heterocycles. The Labute approximate surface area is 126 Å². The first-order chi connectivity index (χ1) is 9.17. The topological polar surface area (TPSA) is 49.8 Å². The molecule has 0 saturated heterocycles. The van der Waals surface area contributed by atoms with E-state index in [4.69, 9.17) is 12.2 Å². The molecule has 0 aliphatic carbocycles. The van der Waals surface area contributed by atoms with Crippen LogP contribution in [0.5, 0.6) is 0 Å². The highest BCUT2D eigenvalue weighted by Crippen LogP contribution is 2.25. The lowest BCUT2D eigenvalue weighted by Gasteiger charge is -2.07. The summed E-state index contributed by atoms with van der Waals surface area (Å²) in [7, 11) is 0. The molecular weight excluding hydrogens is 296 g/mol. The molecule has 19 heavy (non-hydrogen) atoms. The second kappa shape index (κ2) is 6.83. The van der Waals surface area contributed by atoms with Crippen LogP contribution < -0.4 is 10.6 Å². The molecule has 1 heterocycles. The van der Waals surface area contributed by atoms with E-state index >= 15 is 0 Å². The van der Waals surface area contributed by atoms with Gasteiger partial charge in [-0.05, 0) is 37.0 Å². The molecule has 100 valence electrons. The van der Waals surface area contributed by atoms with E-state index in [1.54, 1.807) is 11.8 Å². The predicted molar refractivity (Wildman–Crippen MR) is 87.3 cm³/mol. The Hall–Kier alpha value is -1.18. The molecule has 0 aliphatic rings. The van der Waals surface area contributed by atoms with Gasteiger partial charge in [0.25, 0.3) is 0 Å². The second-order valence-electron chi connectivity index (χ2n) is 3.75. The van der Waals surface area contributed by atoms with Gasteiger partial charge < -0.3 is 10.6 Å². The average molecular weight is 310 g/mol. The van der Waals surface area contributed by atoms with Gasteiger partial charge in [0.15, 0.2) is 9.45 Å². The van der Waals surface area contributed by atoms with Crippen molar-refractivity contribution in [3.8, 4) is 0 Å². The van der Waals surface area contributed by atoms with Crippen LogP contribution in [0.25, 0.3) is 0 Å². The highest BCUT2D eigenvalue weighted by molar-refractivity contribution is 8.01. The third-order valence-electron chi connectivity index (χ3n) is 2.20. The first-order valence-electron chi connectivity index (χ1n) is 5.78. The van der Waals surface area contributed by atoms with E-state index in [2.05, 4.69) is 34.7 Å². The number of hydrogen-bond acceptors (Lipinski definition) is 5. The lowest BCUT2D eigenvalue weighted by atomic mass is 10.2. The molecule has 0 aliphatic heterocycles. The van der Waals surface area contributed by atoms with Crippen LogP contribution in [0.15, 0.2) is 28.6 Å². The first kappa shape index (κ1) is 14.2. The molecule has 2 N–H and O–H groups in total. The minimum absolute atomic E-state index is 0.521. The summed E-state index contributed by atoms with van der Waals surface area (Å²) in [6, 6.07) is 8.04. The van der Waals surface area contributed by atoms with Crippen molar-refractivity contribution in [3.63, 3.8) is 0 Å². The Morgan fingerprint density at radius 2 is 2.00 bits per heavy atom. The molecule has 2 aromatic rings. The zero-order valence-electron chi connectivity index (χ0n) is 10.6. The number of aryl methyl sites for hydroxylation is 1. The molecule has 0 amide bonds. The third-order valence-corrected chi connectivity index (χ3v) is 4.26. The first-order valence-corrected chi connectivity index (χ1v) is 7.99. The van der Waals surface area contributed by atoms with Crippen LogP contribution in [-0.2, 0) is 0 Å². The van der Waals surface area contributed by atoms with E-state index in [0.717, 1.165) is 15.8 Å². The zero-order chi connectivity index (χ0) is 13.7. The lowest BCUT2D eigenvalue weighted by Crippen LogP contribution is -2.18. The summed E-state index contributed by atoms with van der Waals surface area (Å²) in [5.41, 5.74) is 2.17. The number of nitrogens with zero attached hydrogens (tertiary/aromatic N) is 2. The number of thiocarbonyl (C=S) groups is 1. The second-order valence-corrected chi connectivity index (χ2v) is 6.65. The van der Waals surface area contributed by atoms with E-state index in [1.807, 2.05) is 24.3 Å². The number of benzene rings is 1. The minimum atomic E-state index is 0.521. The fourth-order valence-corrected chi connectivity index (χ4v) is 3.27. The molecule has 0 saturated carbocycles. The van der Waals surface area contributed by atoms with Crippen LogP contribution >= 0.6 is 35.3 Å². The summed E-state index contributed by atoms with van der Waals surface area (Å²) in [6.07, 6.45) is 0. The van der Waals surface area contributed by atoms with Gasteiger partial charge in [0.05, 0.1) is 0 Å². The average Bonchev–Trinajstić information content (AvgIpc) is 2.80. The highest BCUT2D eigenvalue weighted by Gasteiger charge is 2.05. The van der Waals surface area contributed by atoms with Crippen LogP contribution in [-0.4, -0.2) is 21.1 Å². The van der Waals surface area contributed by atoms with Crippen molar-refractivity contribution in [3.05, 3.63) is 29.8 Å². The van der Waals surface area contributed by atoms with E-state index in [9.17, 15) is 0 Å². The fourth-order valence-electron chi connectivity index (χ4n) is 1.34. The zero-order valence-corrected chi connectivity index (χ0v) is 13.1. The van der Waals surface area contributed by atoms with Crippen LogP contribution in [0.4, 0.5) is 10.8 Å². The maximum absolute atomic E-state index is 5.23. The van der Waals surface area contributed by atoms with Crippen molar-refractivity contribution in [2.75, 3.05) is 16.4 Å².